The van der Waals surface area contributed by atoms with Gasteiger partial charge in [-0.2, -0.15) is 0 Å². The van der Waals surface area contributed by atoms with Gasteiger partial charge in [-0.15, -0.1) is 0 Å². The monoisotopic (exact) mass is 297 g/mol. The molecule has 0 spiro atoms. The maximum Gasteiger partial charge on any atom is 0.230 e. The molecule has 0 aliphatic carbocycles. The molecule has 2 atom stereocenters. The van der Waals surface area contributed by atoms with Crippen LogP contribution in [0.2, 0.25) is 0 Å². The van der Waals surface area contributed by atoms with Crippen molar-refractivity contribution in [2.24, 2.45) is 17.1 Å². The molecule has 2 rings (SSSR count). The summed E-state index contributed by atoms with van der Waals surface area (Å²) >= 11 is 0. The maximum atomic E-state index is 12.4. The molecule has 3 N–H and O–H groups in total. The zero-order valence-corrected chi connectivity index (χ0v) is 13.2. The van der Waals surface area contributed by atoms with Crippen LogP contribution in [0.15, 0.2) is 0 Å². The highest BCUT2D eigenvalue weighted by Gasteiger charge is 2.45. The molecule has 2 amide bonds. The van der Waals surface area contributed by atoms with Crippen LogP contribution in [-0.4, -0.2) is 55.1 Å². The van der Waals surface area contributed by atoms with Gasteiger partial charge in [0.15, 0.2) is 0 Å². The second-order valence-electron chi connectivity index (χ2n) is 6.77. The van der Waals surface area contributed by atoms with Crippen molar-refractivity contribution in [3.8, 4) is 0 Å². The van der Waals surface area contributed by atoms with Gasteiger partial charge in [0.25, 0.3) is 0 Å². The summed E-state index contributed by atoms with van der Waals surface area (Å²) in [5.74, 6) is 0.197. The van der Waals surface area contributed by atoms with E-state index in [-0.39, 0.29) is 29.8 Å². The van der Waals surface area contributed by atoms with Gasteiger partial charge in [-0.25, -0.2) is 0 Å². The summed E-state index contributed by atoms with van der Waals surface area (Å²) in [5.41, 5.74) is 5.34. The predicted octanol–water partition coefficient (Wildman–Crippen LogP) is 0.113. The molecular formula is C15H27N3O3. The number of amides is 2. The second-order valence-corrected chi connectivity index (χ2v) is 6.77. The first-order valence-electron chi connectivity index (χ1n) is 7.77. The molecule has 2 saturated heterocycles. The first kappa shape index (κ1) is 16.2. The Morgan fingerprint density at radius 3 is 2.43 bits per heavy atom. The van der Waals surface area contributed by atoms with Gasteiger partial charge in [-0.3, -0.25) is 9.59 Å². The Labute approximate surface area is 126 Å². The van der Waals surface area contributed by atoms with Crippen LogP contribution in [0.4, 0.5) is 0 Å². The standard InChI is InChI=1S/C15H27N3O3/c1-10(2)13(19)18-6-4-11(5-7-18)17-14(20)15(3)9-21-8-12(15)16/h10-12H,4-9,16H2,1-3H3,(H,17,20). The third-order valence-electron chi connectivity index (χ3n) is 4.67. The number of ether oxygens (including phenoxy) is 1. The van der Waals surface area contributed by atoms with Crippen molar-refractivity contribution in [1.29, 1.82) is 0 Å². The molecule has 0 aromatic carbocycles. The van der Waals surface area contributed by atoms with E-state index in [1.807, 2.05) is 25.7 Å². The first-order chi connectivity index (χ1) is 9.84. The lowest BCUT2D eigenvalue weighted by Crippen LogP contribution is -2.54. The van der Waals surface area contributed by atoms with Gasteiger partial charge >= 0.3 is 0 Å². The van der Waals surface area contributed by atoms with E-state index < -0.39 is 5.41 Å². The Kier molecular flexibility index (Phi) is 4.88. The normalized spacial score (nSPS) is 30.7. The number of rotatable bonds is 3. The molecule has 2 fully saturated rings. The molecule has 0 aromatic rings. The Morgan fingerprint density at radius 2 is 1.95 bits per heavy atom. The van der Waals surface area contributed by atoms with Crippen molar-refractivity contribution in [2.75, 3.05) is 26.3 Å². The molecule has 0 bridgehead atoms. The van der Waals surface area contributed by atoms with Crippen molar-refractivity contribution in [3.05, 3.63) is 0 Å². The lowest BCUT2D eigenvalue weighted by molar-refractivity contribution is -0.136. The predicted molar refractivity (Wildman–Crippen MR) is 79.5 cm³/mol. The van der Waals surface area contributed by atoms with Gasteiger partial charge in [-0.1, -0.05) is 13.8 Å². The molecule has 2 aliphatic rings. The van der Waals surface area contributed by atoms with Crippen molar-refractivity contribution in [3.63, 3.8) is 0 Å². The van der Waals surface area contributed by atoms with E-state index in [4.69, 9.17) is 10.5 Å². The van der Waals surface area contributed by atoms with Crippen molar-refractivity contribution in [1.82, 2.24) is 10.2 Å². The van der Waals surface area contributed by atoms with Crippen LogP contribution in [-0.2, 0) is 14.3 Å². The van der Waals surface area contributed by atoms with E-state index in [9.17, 15) is 9.59 Å². The fraction of sp³-hybridized carbons (Fsp3) is 0.867. The number of likely N-dealkylation sites (tertiary alicyclic amines) is 1. The summed E-state index contributed by atoms with van der Waals surface area (Å²) in [6.07, 6.45) is 1.60. The fourth-order valence-corrected chi connectivity index (χ4v) is 2.88. The molecule has 0 aromatic heterocycles. The minimum absolute atomic E-state index is 0.0267. The van der Waals surface area contributed by atoms with Crippen LogP contribution in [0, 0.1) is 11.3 Å². The lowest BCUT2D eigenvalue weighted by Gasteiger charge is -2.35. The number of nitrogens with zero attached hydrogens (tertiary/aromatic N) is 1. The highest BCUT2D eigenvalue weighted by Crippen LogP contribution is 2.27. The van der Waals surface area contributed by atoms with Crippen molar-refractivity contribution >= 4 is 11.8 Å². The average molecular weight is 297 g/mol. The summed E-state index contributed by atoms with van der Waals surface area (Å²) in [6, 6.07) is -0.126. The summed E-state index contributed by atoms with van der Waals surface area (Å²) in [4.78, 5) is 26.2. The molecule has 6 nitrogen and oxygen atoms in total. The highest BCUT2D eigenvalue weighted by atomic mass is 16.5. The second kappa shape index (κ2) is 6.32. The van der Waals surface area contributed by atoms with Gasteiger partial charge in [-0.05, 0) is 19.8 Å². The third-order valence-corrected chi connectivity index (χ3v) is 4.67. The molecule has 120 valence electrons. The molecule has 2 heterocycles. The van der Waals surface area contributed by atoms with Crippen LogP contribution >= 0.6 is 0 Å². The number of piperidine rings is 1. The van der Waals surface area contributed by atoms with Gasteiger partial charge in [0.05, 0.1) is 18.6 Å². The summed E-state index contributed by atoms with van der Waals surface area (Å²) in [6.45, 7) is 7.92. The van der Waals surface area contributed by atoms with Gasteiger partial charge in [0.1, 0.15) is 0 Å². The smallest absolute Gasteiger partial charge is 0.230 e. The molecule has 6 heteroatoms. The molecule has 2 aliphatic heterocycles. The Balaban J connectivity index is 1.84. The number of carbonyl (C=O) groups is 2. The molecule has 0 radical (unpaired) electrons. The van der Waals surface area contributed by atoms with E-state index >= 15 is 0 Å². The fourth-order valence-electron chi connectivity index (χ4n) is 2.88. The van der Waals surface area contributed by atoms with Crippen LogP contribution in [0.5, 0.6) is 0 Å². The summed E-state index contributed by atoms with van der Waals surface area (Å²) in [5, 5.41) is 3.08. The number of nitrogens with two attached hydrogens (primary N) is 1. The zero-order valence-electron chi connectivity index (χ0n) is 13.2. The van der Waals surface area contributed by atoms with Gasteiger partial charge < -0.3 is 20.7 Å². The van der Waals surface area contributed by atoms with Crippen LogP contribution in [0.1, 0.15) is 33.6 Å². The summed E-state index contributed by atoms with van der Waals surface area (Å²) < 4.78 is 5.32. The minimum Gasteiger partial charge on any atom is -0.379 e. The van der Waals surface area contributed by atoms with E-state index in [1.165, 1.54) is 0 Å². The van der Waals surface area contributed by atoms with Gasteiger partial charge in [0, 0.05) is 31.1 Å². The van der Waals surface area contributed by atoms with Crippen molar-refractivity contribution < 1.29 is 14.3 Å². The van der Waals surface area contributed by atoms with E-state index in [2.05, 4.69) is 5.32 Å². The van der Waals surface area contributed by atoms with E-state index in [0.717, 1.165) is 12.8 Å². The molecule has 2 unspecified atom stereocenters. The lowest BCUT2D eigenvalue weighted by atomic mass is 9.84. The van der Waals surface area contributed by atoms with Crippen LogP contribution < -0.4 is 11.1 Å². The Morgan fingerprint density at radius 1 is 1.33 bits per heavy atom. The number of carbonyl (C=O) groups excluding carboxylic acids is 2. The quantitative estimate of drug-likeness (QED) is 0.774. The van der Waals surface area contributed by atoms with E-state index in [1.54, 1.807) is 0 Å². The highest BCUT2D eigenvalue weighted by molar-refractivity contribution is 5.84. The molecule has 0 saturated carbocycles. The number of hydrogen-bond donors (Lipinski definition) is 2. The molecular weight excluding hydrogens is 270 g/mol. The van der Waals surface area contributed by atoms with Crippen LogP contribution in [0.25, 0.3) is 0 Å². The Bertz CT molecular complexity index is 405. The van der Waals surface area contributed by atoms with E-state index in [0.29, 0.717) is 26.3 Å². The third kappa shape index (κ3) is 3.37. The topological polar surface area (TPSA) is 84.7 Å². The SMILES string of the molecule is CC(C)C(=O)N1CCC(NC(=O)C2(C)COCC2N)CC1. The molecule has 21 heavy (non-hydrogen) atoms. The van der Waals surface area contributed by atoms with Gasteiger partial charge in [0.2, 0.25) is 11.8 Å². The number of nitrogens with one attached hydrogen (secondary N) is 1. The largest absolute Gasteiger partial charge is 0.379 e. The first-order valence-corrected chi connectivity index (χ1v) is 7.77. The zero-order chi connectivity index (χ0) is 15.6. The summed E-state index contributed by atoms with van der Waals surface area (Å²) in [7, 11) is 0. The van der Waals surface area contributed by atoms with Crippen LogP contribution in [0.3, 0.4) is 0 Å². The average Bonchev–Trinajstić information content (AvgIpc) is 2.80. The Hall–Kier alpha value is -1.14. The van der Waals surface area contributed by atoms with Crippen molar-refractivity contribution in [2.45, 2.75) is 45.7 Å². The minimum atomic E-state index is -0.634. The maximum absolute atomic E-state index is 12.4. The number of hydrogen-bond acceptors (Lipinski definition) is 4.